The summed E-state index contributed by atoms with van der Waals surface area (Å²) in [6, 6.07) is 3.93. The molecule has 1 aromatic rings. The Balaban J connectivity index is 2.37. The van der Waals surface area contributed by atoms with Crippen LogP contribution < -0.4 is 10.1 Å². The number of benzene rings is 1. The van der Waals surface area contributed by atoms with Gasteiger partial charge in [0, 0.05) is 4.47 Å². The van der Waals surface area contributed by atoms with E-state index in [2.05, 4.69) is 21.2 Å². The molecule has 0 bridgehead atoms. The van der Waals surface area contributed by atoms with E-state index in [1.165, 1.54) is 0 Å². The highest BCUT2D eigenvalue weighted by Gasteiger charge is 2.15. The number of amides is 1. The van der Waals surface area contributed by atoms with Crippen LogP contribution in [0.5, 0.6) is 5.75 Å². The Labute approximate surface area is 129 Å². The molecule has 0 saturated heterocycles. The number of aryl methyl sites for hydroxylation is 2. The molecular formula is C15H22BrNO3. The lowest BCUT2D eigenvalue weighted by Crippen LogP contribution is -2.34. The monoisotopic (exact) mass is 343 g/mol. The topological polar surface area (TPSA) is 47.6 Å². The highest BCUT2D eigenvalue weighted by Crippen LogP contribution is 2.26. The van der Waals surface area contributed by atoms with Crippen molar-refractivity contribution in [1.82, 2.24) is 5.32 Å². The van der Waals surface area contributed by atoms with Crippen LogP contribution in [0.1, 0.15) is 31.9 Å². The summed E-state index contributed by atoms with van der Waals surface area (Å²) in [5, 5.41) is 2.65. The number of hydrogen-bond donors (Lipinski definition) is 1. The van der Waals surface area contributed by atoms with E-state index in [1.807, 2.05) is 46.8 Å². The molecule has 1 aromatic carbocycles. The van der Waals surface area contributed by atoms with E-state index in [0.29, 0.717) is 13.2 Å². The van der Waals surface area contributed by atoms with Crippen molar-refractivity contribution in [2.75, 3.05) is 13.2 Å². The molecule has 0 aliphatic heterocycles. The van der Waals surface area contributed by atoms with Gasteiger partial charge in [-0.2, -0.15) is 0 Å². The average Bonchev–Trinajstić information content (AvgIpc) is 2.29. The average molecular weight is 344 g/mol. The first-order chi connectivity index (χ1) is 9.19. The second-order valence-electron chi connectivity index (χ2n) is 5.65. The lowest BCUT2D eigenvalue weighted by molar-refractivity contribution is 0.0520. The van der Waals surface area contributed by atoms with Gasteiger partial charge in [0.1, 0.15) is 18.0 Å². The van der Waals surface area contributed by atoms with Crippen LogP contribution in [-0.4, -0.2) is 24.8 Å². The van der Waals surface area contributed by atoms with Gasteiger partial charge in [0.05, 0.1) is 6.54 Å². The molecule has 112 valence electrons. The number of alkyl carbamates (subject to hydrolysis) is 1. The van der Waals surface area contributed by atoms with Crippen molar-refractivity contribution < 1.29 is 14.3 Å². The van der Waals surface area contributed by atoms with Crippen LogP contribution in [0.15, 0.2) is 16.6 Å². The van der Waals surface area contributed by atoms with Gasteiger partial charge in [-0.05, 0) is 57.9 Å². The van der Waals surface area contributed by atoms with E-state index in [0.717, 1.165) is 21.3 Å². The van der Waals surface area contributed by atoms with Crippen molar-refractivity contribution in [1.29, 1.82) is 0 Å². The molecule has 20 heavy (non-hydrogen) atoms. The number of carbonyl (C=O) groups is 1. The van der Waals surface area contributed by atoms with E-state index in [9.17, 15) is 4.79 Å². The minimum absolute atomic E-state index is 0.403. The summed E-state index contributed by atoms with van der Waals surface area (Å²) < 4.78 is 11.8. The van der Waals surface area contributed by atoms with E-state index < -0.39 is 11.7 Å². The van der Waals surface area contributed by atoms with Crippen LogP contribution in [-0.2, 0) is 4.74 Å². The van der Waals surface area contributed by atoms with Crippen molar-refractivity contribution in [3.8, 4) is 5.75 Å². The summed E-state index contributed by atoms with van der Waals surface area (Å²) in [4.78, 5) is 11.4. The number of nitrogens with one attached hydrogen (secondary N) is 1. The first-order valence-corrected chi connectivity index (χ1v) is 7.35. The third-order valence-corrected chi connectivity index (χ3v) is 3.70. The minimum atomic E-state index is -0.481. The van der Waals surface area contributed by atoms with Gasteiger partial charge in [-0.15, -0.1) is 0 Å². The van der Waals surface area contributed by atoms with Crippen LogP contribution >= 0.6 is 15.9 Å². The maximum atomic E-state index is 11.4. The fourth-order valence-corrected chi connectivity index (χ4v) is 1.85. The Morgan fingerprint density at radius 2 is 1.80 bits per heavy atom. The molecule has 5 heteroatoms. The fourth-order valence-electron chi connectivity index (χ4n) is 1.63. The molecule has 0 saturated carbocycles. The number of rotatable bonds is 4. The van der Waals surface area contributed by atoms with Crippen LogP contribution in [0, 0.1) is 13.8 Å². The third-order valence-electron chi connectivity index (χ3n) is 2.45. The molecule has 4 nitrogen and oxygen atoms in total. The predicted octanol–water partition coefficient (Wildman–Crippen LogP) is 3.97. The number of hydrogen-bond acceptors (Lipinski definition) is 3. The summed E-state index contributed by atoms with van der Waals surface area (Å²) in [6.45, 7) is 10.3. The molecular weight excluding hydrogens is 322 g/mol. The molecule has 0 unspecified atom stereocenters. The van der Waals surface area contributed by atoms with E-state index >= 15 is 0 Å². The Hall–Kier alpha value is -1.23. The summed E-state index contributed by atoms with van der Waals surface area (Å²) in [5.74, 6) is 0.800. The van der Waals surface area contributed by atoms with E-state index in [-0.39, 0.29) is 0 Å². The molecule has 1 N–H and O–H groups in total. The first kappa shape index (κ1) is 16.8. The standard InChI is InChI=1S/C15H22BrNO3/c1-10-8-12(9-11(2)13(10)16)19-7-6-17-14(18)20-15(3,4)5/h8-9H,6-7H2,1-5H3,(H,17,18). The molecule has 1 rings (SSSR count). The van der Waals surface area contributed by atoms with Crippen molar-refractivity contribution in [3.05, 3.63) is 27.7 Å². The van der Waals surface area contributed by atoms with Gasteiger partial charge in [-0.25, -0.2) is 4.79 Å². The maximum Gasteiger partial charge on any atom is 0.407 e. The highest BCUT2D eigenvalue weighted by molar-refractivity contribution is 9.10. The zero-order valence-electron chi connectivity index (χ0n) is 12.7. The molecule has 1 amide bonds. The number of carbonyl (C=O) groups excluding carboxylic acids is 1. The number of halogens is 1. The van der Waals surface area contributed by atoms with E-state index in [1.54, 1.807) is 0 Å². The third kappa shape index (κ3) is 5.82. The predicted molar refractivity (Wildman–Crippen MR) is 83.3 cm³/mol. The highest BCUT2D eigenvalue weighted by atomic mass is 79.9. The van der Waals surface area contributed by atoms with Gasteiger partial charge in [0.15, 0.2) is 0 Å². The summed E-state index contributed by atoms with van der Waals surface area (Å²) in [7, 11) is 0. The summed E-state index contributed by atoms with van der Waals surface area (Å²) >= 11 is 3.51. The molecule has 0 fully saturated rings. The largest absolute Gasteiger partial charge is 0.492 e. The van der Waals surface area contributed by atoms with Crippen molar-refractivity contribution in [2.24, 2.45) is 0 Å². The molecule has 0 aliphatic carbocycles. The Kier molecular flexibility index (Phi) is 5.87. The molecule has 0 spiro atoms. The van der Waals surface area contributed by atoms with Crippen molar-refractivity contribution >= 4 is 22.0 Å². The molecule has 0 heterocycles. The van der Waals surface area contributed by atoms with Crippen LogP contribution in [0.25, 0.3) is 0 Å². The molecule has 0 atom stereocenters. The van der Waals surface area contributed by atoms with Crippen molar-refractivity contribution in [3.63, 3.8) is 0 Å². The molecule has 0 aliphatic rings. The van der Waals surface area contributed by atoms with Gasteiger partial charge in [0.25, 0.3) is 0 Å². The Morgan fingerprint density at radius 1 is 1.25 bits per heavy atom. The SMILES string of the molecule is Cc1cc(OCCNC(=O)OC(C)(C)C)cc(C)c1Br. The second kappa shape index (κ2) is 6.97. The van der Waals surface area contributed by atoms with Crippen LogP contribution in [0.3, 0.4) is 0 Å². The normalized spacial score (nSPS) is 11.1. The zero-order chi connectivity index (χ0) is 15.3. The smallest absolute Gasteiger partial charge is 0.407 e. The molecule has 0 aromatic heterocycles. The second-order valence-corrected chi connectivity index (χ2v) is 6.44. The maximum absolute atomic E-state index is 11.4. The van der Waals surface area contributed by atoms with Crippen LogP contribution in [0.2, 0.25) is 0 Å². The quantitative estimate of drug-likeness (QED) is 0.841. The van der Waals surface area contributed by atoms with Gasteiger partial charge < -0.3 is 14.8 Å². The van der Waals surface area contributed by atoms with Gasteiger partial charge in [-0.3, -0.25) is 0 Å². The zero-order valence-corrected chi connectivity index (χ0v) is 14.3. The first-order valence-electron chi connectivity index (χ1n) is 6.55. The molecule has 0 radical (unpaired) electrons. The Morgan fingerprint density at radius 3 is 2.30 bits per heavy atom. The van der Waals surface area contributed by atoms with Crippen LogP contribution in [0.4, 0.5) is 4.79 Å². The van der Waals surface area contributed by atoms with Crippen molar-refractivity contribution in [2.45, 2.75) is 40.2 Å². The van der Waals surface area contributed by atoms with Gasteiger partial charge >= 0.3 is 6.09 Å². The van der Waals surface area contributed by atoms with E-state index in [4.69, 9.17) is 9.47 Å². The Bertz CT molecular complexity index is 457. The number of ether oxygens (including phenoxy) is 2. The summed E-state index contributed by atoms with van der Waals surface area (Å²) in [6.07, 6.45) is -0.427. The lowest BCUT2D eigenvalue weighted by atomic mass is 10.1. The van der Waals surface area contributed by atoms with Gasteiger partial charge in [0.2, 0.25) is 0 Å². The summed E-state index contributed by atoms with van der Waals surface area (Å²) in [5.41, 5.74) is 1.77. The lowest BCUT2D eigenvalue weighted by Gasteiger charge is -2.19. The van der Waals surface area contributed by atoms with Gasteiger partial charge in [-0.1, -0.05) is 15.9 Å². The minimum Gasteiger partial charge on any atom is -0.492 e. The fraction of sp³-hybridized carbons (Fsp3) is 0.533.